The molecule has 1 aliphatic heterocycles. The monoisotopic (exact) mass is 437 g/mol. The summed E-state index contributed by atoms with van der Waals surface area (Å²) in [5.74, 6) is 0.796. The minimum atomic E-state index is -4.39. The van der Waals surface area contributed by atoms with Gasteiger partial charge in [0.1, 0.15) is 0 Å². The topological polar surface area (TPSA) is 3.24 Å². The lowest BCUT2D eigenvalue weighted by atomic mass is 9.86. The number of hydrogen-bond donors (Lipinski definition) is 0. The van der Waals surface area contributed by atoms with Gasteiger partial charge in [-0.25, -0.2) is 0 Å². The van der Waals surface area contributed by atoms with Gasteiger partial charge < -0.3 is 4.90 Å². The Labute approximate surface area is 188 Å². The van der Waals surface area contributed by atoms with Crippen LogP contribution in [0, 0.1) is 5.92 Å². The summed E-state index contributed by atoms with van der Waals surface area (Å²) in [6, 6.07) is 22.2. The van der Waals surface area contributed by atoms with E-state index < -0.39 is 11.7 Å². The van der Waals surface area contributed by atoms with Crippen molar-refractivity contribution in [2.45, 2.75) is 38.8 Å². The predicted octanol–water partition coefficient (Wildman–Crippen LogP) is 7.87. The number of hydrogen-bond acceptors (Lipinski definition) is 1. The third kappa shape index (κ3) is 5.24. The summed E-state index contributed by atoms with van der Waals surface area (Å²) < 4.78 is 42.1. The van der Waals surface area contributed by atoms with E-state index in [-0.39, 0.29) is 11.5 Å². The quantitative estimate of drug-likeness (QED) is 0.392. The molecular weight excluding hydrogens is 407 g/mol. The largest absolute Gasteiger partial charge is 0.417 e. The van der Waals surface area contributed by atoms with Crippen LogP contribution in [0.3, 0.4) is 0 Å². The van der Waals surface area contributed by atoms with Crippen LogP contribution in [-0.4, -0.2) is 24.5 Å². The first-order valence-corrected chi connectivity index (χ1v) is 11.4. The maximum Gasteiger partial charge on any atom is 0.417 e. The number of piperidine rings is 1. The fourth-order valence-electron chi connectivity index (χ4n) is 4.74. The van der Waals surface area contributed by atoms with Crippen molar-refractivity contribution in [2.24, 2.45) is 5.92 Å². The number of benzene rings is 3. The number of rotatable bonds is 5. The van der Waals surface area contributed by atoms with Crippen LogP contribution in [0.2, 0.25) is 0 Å². The van der Waals surface area contributed by atoms with Crippen molar-refractivity contribution in [1.29, 1.82) is 0 Å². The molecule has 32 heavy (non-hydrogen) atoms. The minimum Gasteiger partial charge on any atom is -0.303 e. The first-order valence-electron chi connectivity index (χ1n) is 11.4. The number of nitrogens with zero attached hydrogens (tertiary/aromatic N) is 1. The molecule has 1 aliphatic rings. The Morgan fingerprint density at radius 2 is 1.41 bits per heavy atom. The molecule has 0 saturated carbocycles. The smallest absolute Gasteiger partial charge is 0.303 e. The Morgan fingerprint density at radius 1 is 0.812 bits per heavy atom. The van der Waals surface area contributed by atoms with Gasteiger partial charge in [-0.1, -0.05) is 80.6 Å². The van der Waals surface area contributed by atoms with Crippen molar-refractivity contribution < 1.29 is 13.2 Å². The summed E-state index contributed by atoms with van der Waals surface area (Å²) in [4.78, 5) is 2.43. The molecule has 0 aromatic heterocycles. The van der Waals surface area contributed by atoms with E-state index in [4.69, 9.17) is 0 Å². The molecular formula is C28H30F3N. The Morgan fingerprint density at radius 3 is 2.00 bits per heavy atom. The summed E-state index contributed by atoms with van der Waals surface area (Å²) in [7, 11) is 0. The van der Waals surface area contributed by atoms with Crippen LogP contribution in [0.4, 0.5) is 13.2 Å². The summed E-state index contributed by atoms with van der Waals surface area (Å²) in [5, 5.41) is 0. The zero-order valence-corrected chi connectivity index (χ0v) is 18.7. The molecule has 1 fully saturated rings. The molecule has 0 amide bonds. The van der Waals surface area contributed by atoms with E-state index in [0.29, 0.717) is 11.5 Å². The average Bonchev–Trinajstić information content (AvgIpc) is 2.79. The van der Waals surface area contributed by atoms with Crippen molar-refractivity contribution in [2.75, 3.05) is 19.6 Å². The van der Waals surface area contributed by atoms with Gasteiger partial charge in [0.2, 0.25) is 0 Å². The lowest BCUT2D eigenvalue weighted by molar-refractivity contribution is -0.137. The second-order valence-electron chi connectivity index (χ2n) is 9.21. The third-order valence-electron chi connectivity index (χ3n) is 6.33. The molecule has 0 N–H and O–H groups in total. The highest BCUT2D eigenvalue weighted by Gasteiger charge is 2.35. The van der Waals surface area contributed by atoms with Crippen molar-refractivity contribution in [3.05, 3.63) is 83.9 Å². The van der Waals surface area contributed by atoms with Gasteiger partial charge in [0.25, 0.3) is 0 Å². The van der Waals surface area contributed by atoms with Crippen molar-refractivity contribution in [3.63, 3.8) is 0 Å². The van der Waals surface area contributed by atoms with Gasteiger partial charge in [-0.3, -0.25) is 0 Å². The van der Waals surface area contributed by atoms with Crippen LogP contribution in [0.1, 0.15) is 43.7 Å². The Hall–Kier alpha value is -2.59. The van der Waals surface area contributed by atoms with Gasteiger partial charge in [0, 0.05) is 6.54 Å². The van der Waals surface area contributed by atoms with Gasteiger partial charge in [0.05, 0.1) is 5.56 Å². The van der Waals surface area contributed by atoms with Crippen LogP contribution in [0.5, 0.6) is 0 Å². The van der Waals surface area contributed by atoms with Crippen LogP contribution in [0.25, 0.3) is 22.3 Å². The van der Waals surface area contributed by atoms with E-state index in [1.54, 1.807) is 18.2 Å². The van der Waals surface area contributed by atoms with Gasteiger partial charge in [-0.2, -0.15) is 13.2 Å². The van der Waals surface area contributed by atoms with E-state index >= 15 is 0 Å². The zero-order chi connectivity index (χ0) is 22.7. The van der Waals surface area contributed by atoms with E-state index in [1.165, 1.54) is 6.07 Å². The molecule has 0 unspecified atom stereocenters. The lowest BCUT2D eigenvalue weighted by Crippen LogP contribution is -2.35. The second-order valence-corrected chi connectivity index (χ2v) is 9.21. The standard InChI is InChI=1S/C28H30F3N/c1-20(2)19-32-16-14-23(15-17-32)25-12-13-26(27(18-25)28(29,30)31)24-10-8-22(9-11-24)21-6-4-3-5-7-21/h3-13,18,20,23H,14-17,19H2,1-2H3. The van der Waals surface area contributed by atoms with Crippen molar-refractivity contribution in [3.8, 4) is 22.3 Å². The van der Waals surface area contributed by atoms with Crippen LogP contribution in [-0.2, 0) is 6.18 Å². The van der Waals surface area contributed by atoms with E-state index in [1.807, 2.05) is 48.5 Å². The van der Waals surface area contributed by atoms with Crippen molar-refractivity contribution in [1.82, 2.24) is 4.90 Å². The SMILES string of the molecule is CC(C)CN1CCC(c2ccc(-c3ccc(-c4ccccc4)cc3)c(C(F)(F)F)c2)CC1. The Balaban J connectivity index is 1.59. The molecule has 3 aromatic rings. The first-order chi connectivity index (χ1) is 15.3. The molecule has 168 valence electrons. The molecule has 4 heteroatoms. The highest BCUT2D eigenvalue weighted by atomic mass is 19.4. The highest BCUT2D eigenvalue weighted by molar-refractivity contribution is 5.73. The molecule has 1 nitrogen and oxygen atoms in total. The van der Waals surface area contributed by atoms with E-state index in [0.717, 1.165) is 49.2 Å². The molecule has 1 heterocycles. The predicted molar refractivity (Wildman–Crippen MR) is 126 cm³/mol. The number of likely N-dealkylation sites (tertiary alicyclic amines) is 1. The van der Waals surface area contributed by atoms with E-state index in [9.17, 15) is 13.2 Å². The number of alkyl halides is 3. The Bertz CT molecular complexity index is 1010. The summed E-state index contributed by atoms with van der Waals surface area (Å²) in [6.07, 6.45) is -2.56. The van der Waals surface area contributed by atoms with Crippen LogP contribution < -0.4 is 0 Å². The summed E-state index contributed by atoms with van der Waals surface area (Å²) in [6.45, 7) is 7.36. The molecule has 0 bridgehead atoms. The lowest BCUT2D eigenvalue weighted by Gasteiger charge is -2.33. The minimum absolute atomic E-state index is 0.189. The molecule has 3 aromatic carbocycles. The van der Waals surface area contributed by atoms with Crippen LogP contribution >= 0.6 is 0 Å². The third-order valence-corrected chi connectivity index (χ3v) is 6.33. The maximum absolute atomic E-state index is 14.0. The average molecular weight is 438 g/mol. The van der Waals surface area contributed by atoms with Gasteiger partial charge >= 0.3 is 6.18 Å². The summed E-state index contributed by atoms with van der Waals surface area (Å²) >= 11 is 0. The molecule has 4 rings (SSSR count). The molecule has 0 spiro atoms. The van der Waals surface area contributed by atoms with Crippen LogP contribution in [0.15, 0.2) is 72.8 Å². The van der Waals surface area contributed by atoms with Gasteiger partial charge in [-0.15, -0.1) is 0 Å². The molecule has 1 saturated heterocycles. The summed E-state index contributed by atoms with van der Waals surface area (Å²) in [5.41, 5.74) is 3.16. The molecule has 0 aliphatic carbocycles. The van der Waals surface area contributed by atoms with E-state index in [2.05, 4.69) is 18.7 Å². The number of halogens is 3. The molecule has 0 atom stereocenters. The highest BCUT2D eigenvalue weighted by Crippen LogP contribution is 2.40. The second kappa shape index (κ2) is 9.50. The first kappa shape index (κ1) is 22.6. The maximum atomic E-state index is 14.0. The fraction of sp³-hybridized carbons (Fsp3) is 0.357. The zero-order valence-electron chi connectivity index (χ0n) is 18.7. The van der Waals surface area contributed by atoms with Gasteiger partial charge in [0.15, 0.2) is 0 Å². The van der Waals surface area contributed by atoms with Crippen molar-refractivity contribution >= 4 is 0 Å². The normalized spacial score (nSPS) is 15.9. The Kier molecular flexibility index (Phi) is 6.71. The molecule has 0 radical (unpaired) electrons. The fourth-order valence-corrected chi connectivity index (χ4v) is 4.74. The van der Waals surface area contributed by atoms with Gasteiger partial charge in [-0.05, 0) is 71.7 Å².